The molecule has 1 atom stereocenters. The van der Waals surface area contributed by atoms with E-state index in [9.17, 15) is 4.79 Å². The normalized spacial score (nSPS) is 18.8. The van der Waals surface area contributed by atoms with Gasteiger partial charge in [-0.05, 0) is 12.3 Å². The van der Waals surface area contributed by atoms with Crippen LogP contribution in [-0.4, -0.2) is 36.7 Å². The van der Waals surface area contributed by atoms with E-state index in [4.69, 9.17) is 10.5 Å². The molecule has 0 bridgehead atoms. The molecule has 6 nitrogen and oxygen atoms in total. The molecule has 0 aromatic carbocycles. The Labute approximate surface area is 116 Å². The van der Waals surface area contributed by atoms with Crippen LogP contribution in [0.15, 0.2) is 0 Å². The summed E-state index contributed by atoms with van der Waals surface area (Å²) >= 11 is 1.29. The molecular formula is C12H20N4O2S. The van der Waals surface area contributed by atoms with Crippen molar-refractivity contribution in [2.45, 2.75) is 26.3 Å². The van der Waals surface area contributed by atoms with Gasteiger partial charge < -0.3 is 21.1 Å². The van der Waals surface area contributed by atoms with E-state index in [2.05, 4.69) is 29.5 Å². The Morgan fingerprint density at radius 3 is 3.05 bits per heavy atom. The summed E-state index contributed by atoms with van der Waals surface area (Å²) in [6, 6.07) is 0.0843. The number of nitrogens with one attached hydrogen (secondary N) is 2. The van der Waals surface area contributed by atoms with Crippen molar-refractivity contribution in [3.8, 4) is 0 Å². The topological polar surface area (TPSA) is 89.3 Å². The number of rotatable bonds is 5. The van der Waals surface area contributed by atoms with Crippen LogP contribution in [-0.2, 0) is 4.74 Å². The molecule has 2 heterocycles. The van der Waals surface area contributed by atoms with E-state index < -0.39 is 0 Å². The van der Waals surface area contributed by atoms with Gasteiger partial charge in [-0.2, -0.15) is 0 Å². The number of nitrogens with two attached hydrogens (primary N) is 1. The molecule has 1 aromatic rings. The highest BCUT2D eigenvalue weighted by Crippen LogP contribution is 2.25. The van der Waals surface area contributed by atoms with E-state index in [-0.39, 0.29) is 17.8 Å². The van der Waals surface area contributed by atoms with Crippen LogP contribution in [0.3, 0.4) is 0 Å². The van der Waals surface area contributed by atoms with Crippen LogP contribution in [0.2, 0.25) is 0 Å². The first kappa shape index (κ1) is 14.1. The predicted molar refractivity (Wildman–Crippen MR) is 76.5 cm³/mol. The van der Waals surface area contributed by atoms with Gasteiger partial charge in [0.05, 0.1) is 12.6 Å². The molecule has 1 saturated heterocycles. The molecule has 1 aliphatic heterocycles. The number of ether oxygens (including phenoxy) is 1. The van der Waals surface area contributed by atoms with E-state index in [0.717, 1.165) is 13.0 Å². The number of nitrogen functional groups attached to an aromatic ring is 1. The third-order valence-electron chi connectivity index (χ3n) is 2.79. The Hall–Kier alpha value is -1.34. The maximum Gasteiger partial charge on any atom is 0.265 e. The summed E-state index contributed by atoms with van der Waals surface area (Å²) in [6.45, 7) is 6.30. The van der Waals surface area contributed by atoms with E-state index in [0.29, 0.717) is 29.1 Å². The minimum atomic E-state index is -0.164. The van der Waals surface area contributed by atoms with Gasteiger partial charge in [0.2, 0.25) is 0 Å². The lowest BCUT2D eigenvalue weighted by molar-refractivity contribution is 0.0934. The fourth-order valence-corrected chi connectivity index (χ4v) is 2.56. The highest BCUT2D eigenvalue weighted by Gasteiger charge is 2.22. The molecule has 0 saturated carbocycles. The van der Waals surface area contributed by atoms with Crippen LogP contribution in [0.4, 0.5) is 10.9 Å². The molecule has 0 spiro atoms. The fourth-order valence-electron chi connectivity index (χ4n) is 1.76. The van der Waals surface area contributed by atoms with Crippen molar-refractivity contribution in [1.29, 1.82) is 0 Å². The van der Waals surface area contributed by atoms with Crippen molar-refractivity contribution < 1.29 is 9.53 Å². The molecule has 1 aromatic heterocycles. The van der Waals surface area contributed by atoms with Crippen molar-refractivity contribution in [1.82, 2.24) is 10.3 Å². The average molecular weight is 284 g/mol. The number of aromatic nitrogens is 1. The lowest BCUT2D eigenvalue weighted by Crippen LogP contribution is -2.34. The van der Waals surface area contributed by atoms with Gasteiger partial charge in [-0.25, -0.2) is 4.98 Å². The summed E-state index contributed by atoms with van der Waals surface area (Å²) in [6.07, 6.45) is 0.850. The summed E-state index contributed by atoms with van der Waals surface area (Å²) in [4.78, 5) is 16.7. The number of carbonyl (C=O) groups is 1. The van der Waals surface area contributed by atoms with Crippen molar-refractivity contribution in [3.63, 3.8) is 0 Å². The predicted octanol–water partition coefficient (Wildman–Crippen LogP) is 1.31. The molecule has 106 valence electrons. The number of amides is 1. The number of anilines is 2. The number of hydrogen-bond donors (Lipinski definition) is 3. The zero-order valence-corrected chi connectivity index (χ0v) is 12.0. The number of hydrogen-bond acceptors (Lipinski definition) is 6. The SMILES string of the molecule is CC(C)CNc1nc(N)c(C(=O)NC2CCOC2)s1. The molecule has 4 N–H and O–H groups in total. The second kappa shape index (κ2) is 6.21. The van der Waals surface area contributed by atoms with Crippen molar-refractivity contribution in [2.24, 2.45) is 5.92 Å². The molecule has 1 aliphatic rings. The molecule has 0 radical (unpaired) electrons. The Bertz CT molecular complexity index is 441. The number of carbonyl (C=O) groups excluding carboxylic acids is 1. The molecule has 1 fully saturated rings. The largest absolute Gasteiger partial charge is 0.382 e. The van der Waals surface area contributed by atoms with Gasteiger partial charge in [0.1, 0.15) is 10.7 Å². The van der Waals surface area contributed by atoms with Crippen LogP contribution in [0, 0.1) is 5.92 Å². The summed E-state index contributed by atoms with van der Waals surface area (Å²) in [5.74, 6) is 0.633. The quantitative estimate of drug-likeness (QED) is 0.758. The minimum Gasteiger partial charge on any atom is -0.382 e. The fraction of sp³-hybridized carbons (Fsp3) is 0.667. The van der Waals surface area contributed by atoms with Gasteiger partial charge in [0.25, 0.3) is 5.91 Å². The van der Waals surface area contributed by atoms with Crippen LogP contribution in [0.1, 0.15) is 29.9 Å². The number of thiazole rings is 1. The van der Waals surface area contributed by atoms with Gasteiger partial charge in [-0.15, -0.1) is 0 Å². The lowest BCUT2D eigenvalue weighted by Gasteiger charge is -2.09. The molecule has 0 aliphatic carbocycles. The molecule has 2 rings (SSSR count). The van der Waals surface area contributed by atoms with Gasteiger partial charge in [0.15, 0.2) is 5.13 Å². The van der Waals surface area contributed by atoms with E-state index in [1.54, 1.807) is 0 Å². The van der Waals surface area contributed by atoms with E-state index >= 15 is 0 Å². The molecule has 7 heteroatoms. The second-order valence-electron chi connectivity index (χ2n) is 5.04. The maximum absolute atomic E-state index is 12.1. The Balaban J connectivity index is 1.96. The first-order valence-electron chi connectivity index (χ1n) is 6.45. The third-order valence-corrected chi connectivity index (χ3v) is 3.81. The summed E-state index contributed by atoms with van der Waals surface area (Å²) in [5.41, 5.74) is 5.79. The molecule has 1 amide bonds. The monoisotopic (exact) mass is 284 g/mol. The zero-order valence-electron chi connectivity index (χ0n) is 11.2. The highest BCUT2D eigenvalue weighted by molar-refractivity contribution is 7.18. The van der Waals surface area contributed by atoms with Crippen LogP contribution < -0.4 is 16.4 Å². The average Bonchev–Trinajstić information content (AvgIpc) is 2.96. The molecule has 19 heavy (non-hydrogen) atoms. The Morgan fingerprint density at radius 2 is 2.42 bits per heavy atom. The van der Waals surface area contributed by atoms with Gasteiger partial charge in [-0.1, -0.05) is 25.2 Å². The standard InChI is InChI=1S/C12H20N4O2S/c1-7(2)5-14-12-16-10(13)9(19-12)11(17)15-8-3-4-18-6-8/h7-8H,3-6,13H2,1-2H3,(H,14,16)(H,15,17). The second-order valence-corrected chi connectivity index (χ2v) is 6.04. The first-order chi connectivity index (χ1) is 9.06. The Morgan fingerprint density at radius 1 is 1.63 bits per heavy atom. The smallest absolute Gasteiger partial charge is 0.265 e. The summed E-state index contributed by atoms with van der Waals surface area (Å²) in [5, 5.41) is 6.78. The van der Waals surface area contributed by atoms with E-state index in [1.165, 1.54) is 11.3 Å². The van der Waals surface area contributed by atoms with Gasteiger partial charge in [0, 0.05) is 13.2 Å². The summed E-state index contributed by atoms with van der Waals surface area (Å²) in [7, 11) is 0. The van der Waals surface area contributed by atoms with Crippen molar-refractivity contribution in [2.75, 3.05) is 30.8 Å². The van der Waals surface area contributed by atoms with Crippen molar-refractivity contribution >= 4 is 28.2 Å². The molecular weight excluding hydrogens is 264 g/mol. The first-order valence-corrected chi connectivity index (χ1v) is 7.26. The maximum atomic E-state index is 12.1. The van der Waals surface area contributed by atoms with Crippen LogP contribution in [0.5, 0.6) is 0 Å². The van der Waals surface area contributed by atoms with E-state index in [1.807, 2.05) is 0 Å². The van der Waals surface area contributed by atoms with Crippen molar-refractivity contribution in [3.05, 3.63) is 4.88 Å². The van der Waals surface area contributed by atoms with Crippen LogP contribution >= 0.6 is 11.3 Å². The Kier molecular flexibility index (Phi) is 4.60. The van der Waals surface area contributed by atoms with Crippen LogP contribution in [0.25, 0.3) is 0 Å². The zero-order chi connectivity index (χ0) is 13.8. The summed E-state index contributed by atoms with van der Waals surface area (Å²) < 4.78 is 5.22. The van der Waals surface area contributed by atoms with Gasteiger partial charge >= 0.3 is 0 Å². The molecule has 1 unspecified atom stereocenters. The highest BCUT2D eigenvalue weighted by atomic mass is 32.1. The van der Waals surface area contributed by atoms with Gasteiger partial charge in [-0.3, -0.25) is 4.79 Å². The third kappa shape index (κ3) is 3.81. The lowest BCUT2D eigenvalue weighted by atomic mass is 10.2. The number of nitrogens with zero attached hydrogens (tertiary/aromatic N) is 1. The minimum absolute atomic E-state index is 0.0843.